The van der Waals surface area contributed by atoms with E-state index < -0.39 is 0 Å². The van der Waals surface area contributed by atoms with E-state index in [1.165, 1.54) is 0 Å². The number of aromatic nitrogens is 2. The van der Waals surface area contributed by atoms with Gasteiger partial charge in [0.25, 0.3) is 0 Å². The number of aryl methyl sites for hydroxylation is 1. The van der Waals surface area contributed by atoms with Crippen LogP contribution in [0.25, 0.3) is 0 Å². The molecule has 1 aromatic carbocycles. The number of hydrogen-bond acceptors (Lipinski definition) is 3. The fraction of sp³-hybridized carbons (Fsp3) is 0.357. The summed E-state index contributed by atoms with van der Waals surface area (Å²) in [6.07, 6.45) is 3.73. The molecule has 0 saturated carbocycles. The maximum absolute atomic E-state index is 6.01. The molecule has 0 aliphatic heterocycles. The molecule has 20 heavy (non-hydrogen) atoms. The standard InChI is InChI=1S/C14H16Cl2N2O2/c1-3-18-8-10(7-17-18)9-20-14-11(6-15)4-12(16)5-13(14)19-2/h4-5,7-8H,3,6,9H2,1-2H3. The Hall–Kier alpha value is -1.39. The maximum atomic E-state index is 6.01. The van der Waals surface area contributed by atoms with Gasteiger partial charge in [-0.2, -0.15) is 5.10 Å². The molecule has 0 aliphatic carbocycles. The van der Waals surface area contributed by atoms with Crippen LogP contribution in [0.15, 0.2) is 24.5 Å². The van der Waals surface area contributed by atoms with Crippen molar-refractivity contribution in [3.8, 4) is 11.5 Å². The van der Waals surface area contributed by atoms with Crippen LogP contribution in [0.5, 0.6) is 11.5 Å². The molecule has 0 unspecified atom stereocenters. The van der Waals surface area contributed by atoms with Crippen LogP contribution < -0.4 is 9.47 Å². The summed E-state index contributed by atoms with van der Waals surface area (Å²) < 4.78 is 13.0. The molecule has 0 bridgehead atoms. The molecular weight excluding hydrogens is 299 g/mol. The molecule has 0 atom stereocenters. The SMILES string of the molecule is CCn1cc(COc2c(CCl)cc(Cl)cc2OC)cn1. The highest BCUT2D eigenvalue weighted by molar-refractivity contribution is 6.31. The highest BCUT2D eigenvalue weighted by atomic mass is 35.5. The van der Waals surface area contributed by atoms with Gasteiger partial charge in [0.2, 0.25) is 0 Å². The Bertz CT molecular complexity index is 559. The van der Waals surface area contributed by atoms with Crippen molar-refractivity contribution in [2.45, 2.75) is 26.0 Å². The molecule has 1 aromatic heterocycles. The lowest BCUT2D eigenvalue weighted by molar-refractivity contribution is 0.282. The van der Waals surface area contributed by atoms with Crippen LogP contribution in [0.4, 0.5) is 0 Å². The van der Waals surface area contributed by atoms with Crippen molar-refractivity contribution in [2.24, 2.45) is 0 Å². The number of benzene rings is 1. The molecule has 0 saturated heterocycles. The van der Waals surface area contributed by atoms with E-state index in [4.69, 9.17) is 32.7 Å². The smallest absolute Gasteiger partial charge is 0.166 e. The Labute approximate surface area is 128 Å². The van der Waals surface area contributed by atoms with E-state index in [1.54, 1.807) is 25.4 Å². The van der Waals surface area contributed by atoms with E-state index >= 15 is 0 Å². The lowest BCUT2D eigenvalue weighted by Gasteiger charge is -2.14. The van der Waals surface area contributed by atoms with Crippen molar-refractivity contribution in [1.29, 1.82) is 0 Å². The predicted octanol–water partition coefficient (Wildman–Crippen LogP) is 3.88. The number of rotatable bonds is 6. The van der Waals surface area contributed by atoms with Gasteiger partial charge in [0.05, 0.1) is 19.2 Å². The molecule has 108 valence electrons. The van der Waals surface area contributed by atoms with Crippen LogP contribution in [0.3, 0.4) is 0 Å². The zero-order valence-corrected chi connectivity index (χ0v) is 12.9. The van der Waals surface area contributed by atoms with Crippen molar-refractivity contribution in [1.82, 2.24) is 9.78 Å². The molecule has 0 fully saturated rings. The lowest BCUT2D eigenvalue weighted by Crippen LogP contribution is -2.00. The van der Waals surface area contributed by atoms with Gasteiger partial charge < -0.3 is 9.47 Å². The van der Waals surface area contributed by atoms with Crippen LogP contribution in [0.1, 0.15) is 18.1 Å². The highest BCUT2D eigenvalue weighted by Crippen LogP contribution is 2.36. The summed E-state index contributed by atoms with van der Waals surface area (Å²) in [6, 6.07) is 3.49. The van der Waals surface area contributed by atoms with E-state index in [0.29, 0.717) is 29.0 Å². The van der Waals surface area contributed by atoms with Crippen molar-refractivity contribution >= 4 is 23.2 Å². The number of alkyl halides is 1. The van der Waals surface area contributed by atoms with Gasteiger partial charge in [0, 0.05) is 35.0 Å². The number of ether oxygens (including phenoxy) is 2. The molecule has 0 radical (unpaired) electrons. The first-order valence-electron chi connectivity index (χ1n) is 6.24. The van der Waals surface area contributed by atoms with Gasteiger partial charge >= 0.3 is 0 Å². The Kier molecular flexibility index (Phi) is 5.15. The van der Waals surface area contributed by atoms with Gasteiger partial charge in [0.15, 0.2) is 11.5 Å². The molecule has 1 heterocycles. The zero-order chi connectivity index (χ0) is 14.5. The summed E-state index contributed by atoms with van der Waals surface area (Å²) >= 11 is 11.9. The minimum absolute atomic E-state index is 0.306. The Morgan fingerprint density at radius 2 is 2.15 bits per heavy atom. The second-order valence-corrected chi connectivity index (χ2v) is 4.93. The normalized spacial score (nSPS) is 10.6. The van der Waals surface area contributed by atoms with E-state index in [-0.39, 0.29) is 0 Å². The van der Waals surface area contributed by atoms with Gasteiger partial charge in [-0.3, -0.25) is 4.68 Å². The van der Waals surface area contributed by atoms with Crippen LogP contribution >= 0.6 is 23.2 Å². The van der Waals surface area contributed by atoms with Crippen LogP contribution in [0, 0.1) is 0 Å². The predicted molar refractivity (Wildman–Crippen MR) is 79.8 cm³/mol. The number of nitrogens with zero attached hydrogens (tertiary/aromatic N) is 2. The topological polar surface area (TPSA) is 36.3 Å². The maximum Gasteiger partial charge on any atom is 0.166 e. The average molecular weight is 315 g/mol. The number of methoxy groups -OCH3 is 1. The van der Waals surface area contributed by atoms with Crippen LogP contribution in [-0.2, 0) is 19.0 Å². The molecule has 2 rings (SSSR count). The molecule has 6 heteroatoms. The molecule has 4 nitrogen and oxygen atoms in total. The largest absolute Gasteiger partial charge is 0.493 e. The molecule has 0 amide bonds. The monoisotopic (exact) mass is 314 g/mol. The summed E-state index contributed by atoms with van der Waals surface area (Å²) in [6.45, 7) is 3.27. The van der Waals surface area contributed by atoms with Gasteiger partial charge in [-0.15, -0.1) is 11.6 Å². The first-order chi connectivity index (χ1) is 9.67. The average Bonchev–Trinajstić information content (AvgIpc) is 2.92. The first-order valence-corrected chi connectivity index (χ1v) is 7.15. The molecule has 0 spiro atoms. The summed E-state index contributed by atoms with van der Waals surface area (Å²) in [4.78, 5) is 0. The molecule has 0 aliphatic rings. The van der Waals surface area contributed by atoms with E-state index in [9.17, 15) is 0 Å². The van der Waals surface area contributed by atoms with Crippen molar-refractivity contribution in [3.63, 3.8) is 0 Å². The number of halogens is 2. The summed E-state index contributed by atoms with van der Waals surface area (Å²) in [5.74, 6) is 1.51. The van der Waals surface area contributed by atoms with E-state index in [0.717, 1.165) is 17.7 Å². The Morgan fingerprint density at radius 3 is 2.75 bits per heavy atom. The summed E-state index contributed by atoms with van der Waals surface area (Å²) in [7, 11) is 1.58. The quantitative estimate of drug-likeness (QED) is 0.759. The van der Waals surface area contributed by atoms with Gasteiger partial charge in [0.1, 0.15) is 6.61 Å². The lowest BCUT2D eigenvalue weighted by atomic mass is 10.2. The Morgan fingerprint density at radius 1 is 1.35 bits per heavy atom. The van der Waals surface area contributed by atoms with Gasteiger partial charge in [-0.05, 0) is 13.0 Å². The fourth-order valence-electron chi connectivity index (χ4n) is 1.85. The fourth-order valence-corrected chi connectivity index (χ4v) is 2.28. The van der Waals surface area contributed by atoms with Crippen molar-refractivity contribution < 1.29 is 9.47 Å². The summed E-state index contributed by atoms with van der Waals surface area (Å²) in [5.41, 5.74) is 1.79. The second-order valence-electron chi connectivity index (χ2n) is 4.22. The third-order valence-electron chi connectivity index (χ3n) is 2.85. The van der Waals surface area contributed by atoms with E-state index in [1.807, 2.05) is 17.8 Å². The second kappa shape index (κ2) is 6.86. The Balaban J connectivity index is 2.19. The third kappa shape index (κ3) is 3.38. The number of hydrogen-bond donors (Lipinski definition) is 0. The molecular formula is C14H16Cl2N2O2. The minimum Gasteiger partial charge on any atom is -0.493 e. The van der Waals surface area contributed by atoms with Crippen molar-refractivity contribution in [2.75, 3.05) is 7.11 Å². The zero-order valence-electron chi connectivity index (χ0n) is 11.4. The summed E-state index contributed by atoms with van der Waals surface area (Å²) in [5, 5.41) is 4.78. The molecule has 0 N–H and O–H groups in total. The van der Waals surface area contributed by atoms with Crippen LogP contribution in [-0.4, -0.2) is 16.9 Å². The van der Waals surface area contributed by atoms with Gasteiger partial charge in [-0.25, -0.2) is 0 Å². The minimum atomic E-state index is 0.306. The van der Waals surface area contributed by atoms with Crippen LogP contribution in [0.2, 0.25) is 5.02 Å². The highest BCUT2D eigenvalue weighted by Gasteiger charge is 2.13. The van der Waals surface area contributed by atoms with E-state index in [2.05, 4.69) is 5.10 Å². The third-order valence-corrected chi connectivity index (χ3v) is 3.36. The first kappa shape index (κ1) is 15.0. The van der Waals surface area contributed by atoms with Crippen molar-refractivity contribution in [3.05, 3.63) is 40.7 Å². The van der Waals surface area contributed by atoms with Gasteiger partial charge in [-0.1, -0.05) is 11.6 Å². The molecule has 2 aromatic rings.